The topological polar surface area (TPSA) is 94.2 Å². The van der Waals surface area contributed by atoms with E-state index in [1.807, 2.05) is 6.92 Å². The highest BCUT2D eigenvalue weighted by molar-refractivity contribution is 7.18. The van der Waals surface area contributed by atoms with Crippen molar-refractivity contribution in [2.24, 2.45) is 0 Å². The monoisotopic (exact) mass is 488 g/mol. The molecule has 3 rings (SSSR count). The van der Waals surface area contributed by atoms with Crippen molar-refractivity contribution in [2.75, 3.05) is 38.8 Å². The van der Waals surface area contributed by atoms with E-state index in [0.29, 0.717) is 23.2 Å². The molecule has 1 aliphatic carbocycles. The lowest BCUT2D eigenvalue weighted by Gasteiger charge is -2.21. The fourth-order valence-electron chi connectivity index (χ4n) is 3.56. The molecule has 1 saturated carbocycles. The third-order valence-electron chi connectivity index (χ3n) is 5.50. The molecule has 34 heavy (non-hydrogen) atoms. The third-order valence-corrected chi connectivity index (χ3v) is 6.69. The van der Waals surface area contributed by atoms with Gasteiger partial charge in [-0.3, -0.25) is 9.69 Å². The Morgan fingerprint density at radius 3 is 2.38 bits per heavy atom. The lowest BCUT2D eigenvalue weighted by Crippen LogP contribution is -2.34. The first-order chi connectivity index (χ1) is 16.3. The van der Waals surface area contributed by atoms with Crippen LogP contribution in [0.3, 0.4) is 0 Å². The Morgan fingerprint density at radius 1 is 1.06 bits per heavy atom. The number of aryl methyl sites for hydroxylation is 1. The molecule has 1 heterocycles. The molecule has 0 spiro atoms. The Hall–Kier alpha value is -2.75. The van der Waals surface area contributed by atoms with E-state index in [9.17, 15) is 14.4 Å². The van der Waals surface area contributed by atoms with Crippen molar-refractivity contribution in [3.63, 3.8) is 0 Å². The summed E-state index contributed by atoms with van der Waals surface area (Å²) in [7, 11) is 1.51. The van der Waals surface area contributed by atoms with Gasteiger partial charge in [-0.15, -0.1) is 11.3 Å². The van der Waals surface area contributed by atoms with Crippen LogP contribution in [-0.2, 0) is 25.5 Å². The van der Waals surface area contributed by atoms with Crippen molar-refractivity contribution < 1.29 is 28.6 Å². The minimum Gasteiger partial charge on any atom is -0.462 e. The van der Waals surface area contributed by atoms with E-state index in [1.165, 1.54) is 12.7 Å². The second kappa shape index (κ2) is 12.1. The van der Waals surface area contributed by atoms with Gasteiger partial charge in [-0.1, -0.05) is 29.8 Å². The first-order valence-corrected chi connectivity index (χ1v) is 12.2. The van der Waals surface area contributed by atoms with Crippen LogP contribution < -0.4 is 5.32 Å². The number of methoxy groups -OCH3 is 1. The van der Waals surface area contributed by atoms with Crippen LogP contribution >= 0.6 is 11.3 Å². The molecule has 184 valence electrons. The summed E-state index contributed by atoms with van der Waals surface area (Å²) in [6.07, 6.45) is 2.12. The molecule has 0 atom stereocenters. The zero-order valence-corrected chi connectivity index (χ0v) is 21.0. The Morgan fingerprint density at radius 2 is 1.76 bits per heavy atom. The molecule has 9 heteroatoms. The molecule has 0 bridgehead atoms. The van der Waals surface area contributed by atoms with Gasteiger partial charge in [-0.25, -0.2) is 9.59 Å². The van der Waals surface area contributed by atoms with Gasteiger partial charge in [-0.2, -0.15) is 0 Å². The second-order valence-corrected chi connectivity index (χ2v) is 9.30. The predicted octanol–water partition coefficient (Wildman–Crippen LogP) is 3.95. The fourth-order valence-corrected chi connectivity index (χ4v) is 4.67. The summed E-state index contributed by atoms with van der Waals surface area (Å²) in [4.78, 5) is 40.6. The molecule has 0 aliphatic heterocycles. The largest absolute Gasteiger partial charge is 0.462 e. The summed E-state index contributed by atoms with van der Waals surface area (Å²) in [6, 6.07) is 8.64. The average Bonchev–Trinajstić information content (AvgIpc) is 3.59. The highest BCUT2D eigenvalue weighted by atomic mass is 32.1. The number of anilines is 1. The summed E-state index contributed by atoms with van der Waals surface area (Å²) in [5.74, 6) is -1.39. The SMILES string of the molecule is CCOC(=O)c1c(NC(=O)CN(Cc2ccc(C)cc2)C2CC2)sc(C(=O)OCCOC)c1C. The van der Waals surface area contributed by atoms with Gasteiger partial charge < -0.3 is 19.5 Å². The number of hydrogen-bond donors (Lipinski definition) is 1. The third kappa shape index (κ3) is 6.88. The van der Waals surface area contributed by atoms with Gasteiger partial charge >= 0.3 is 11.9 Å². The van der Waals surface area contributed by atoms with Crippen LogP contribution in [-0.4, -0.2) is 62.3 Å². The van der Waals surface area contributed by atoms with Crippen molar-refractivity contribution in [2.45, 2.75) is 46.2 Å². The number of ether oxygens (including phenoxy) is 3. The quantitative estimate of drug-likeness (QED) is 0.357. The van der Waals surface area contributed by atoms with Crippen molar-refractivity contribution in [3.05, 3.63) is 51.4 Å². The number of carbonyl (C=O) groups excluding carboxylic acids is 3. The van der Waals surface area contributed by atoms with Crippen LogP contribution in [0.4, 0.5) is 5.00 Å². The van der Waals surface area contributed by atoms with Crippen LogP contribution in [0, 0.1) is 13.8 Å². The van der Waals surface area contributed by atoms with Crippen LogP contribution in [0.15, 0.2) is 24.3 Å². The van der Waals surface area contributed by atoms with E-state index < -0.39 is 11.9 Å². The molecule has 1 N–H and O–H groups in total. The van der Waals surface area contributed by atoms with Crippen molar-refractivity contribution in [1.82, 2.24) is 4.90 Å². The maximum Gasteiger partial charge on any atom is 0.348 e. The highest BCUT2D eigenvalue weighted by Gasteiger charge is 2.32. The van der Waals surface area contributed by atoms with Gasteiger partial charge in [0.05, 0.1) is 25.3 Å². The molecule has 2 aromatic rings. The number of thiophene rings is 1. The van der Waals surface area contributed by atoms with E-state index in [2.05, 4.69) is 34.5 Å². The van der Waals surface area contributed by atoms with Crippen LogP contribution in [0.1, 0.15) is 56.5 Å². The van der Waals surface area contributed by atoms with E-state index in [1.54, 1.807) is 13.8 Å². The molecule has 1 fully saturated rings. The number of amides is 1. The lowest BCUT2D eigenvalue weighted by molar-refractivity contribution is -0.117. The van der Waals surface area contributed by atoms with Crippen LogP contribution in [0.5, 0.6) is 0 Å². The summed E-state index contributed by atoms with van der Waals surface area (Å²) < 4.78 is 15.3. The molecule has 0 unspecified atom stereocenters. The number of benzene rings is 1. The molecule has 1 aromatic heterocycles. The summed E-state index contributed by atoms with van der Waals surface area (Å²) in [5, 5.41) is 3.14. The highest BCUT2D eigenvalue weighted by Crippen LogP contribution is 2.35. The molecule has 0 radical (unpaired) electrons. The van der Waals surface area contributed by atoms with Crippen LogP contribution in [0.2, 0.25) is 0 Å². The van der Waals surface area contributed by atoms with E-state index in [0.717, 1.165) is 29.7 Å². The maximum atomic E-state index is 13.0. The predicted molar refractivity (Wildman–Crippen MR) is 130 cm³/mol. The van der Waals surface area contributed by atoms with Gasteiger partial charge in [0.2, 0.25) is 5.91 Å². The van der Waals surface area contributed by atoms with Gasteiger partial charge in [0.25, 0.3) is 0 Å². The number of rotatable bonds is 12. The molecule has 1 aliphatic rings. The van der Waals surface area contributed by atoms with E-state index in [4.69, 9.17) is 14.2 Å². The zero-order chi connectivity index (χ0) is 24.7. The van der Waals surface area contributed by atoms with Crippen molar-refractivity contribution in [1.29, 1.82) is 0 Å². The number of nitrogens with zero attached hydrogens (tertiary/aromatic N) is 1. The fraction of sp³-hybridized carbons (Fsp3) is 0.480. The molecule has 8 nitrogen and oxygen atoms in total. The smallest absolute Gasteiger partial charge is 0.348 e. The summed E-state index contributed by atoms with van der Waals surface area (Å²) >= 11 is 1.02. The first kappa shape index (κ1) is 25.9. The van der Waals surface area contributed by atoms with Gasteiger partial charge in [-0.05, 0) is 44.7 Å². The first-order valence-electron chi connectivity index (χ1n) is 11.4. The van der Waals surface area contributed by atoms with Gasteiger partial charge in [0.15, 0.2) is 0 Å². The Bertz CT molecular complexity index is 1010. The molecule has 1 aromatic carbocycles. The maximum absolute atomic E-state index is 13.0. The molecular formula is C25H32N2O6S. The second-order valence-electron chi connectivity index (χ2n) is 8.28. The molecule has 0 saturated heterocycles. The zero-order valence-electron chi connectivity index (χ0n) is 20.1. The van der Waals surface area contributed by atoms with E-state index >= 15 is 0 Å². The molecular weight excluding hydrogens is 456 g/mol. The summed E-state index contributed by atoms with van der Waals surface area (Å²) in [5.41, 5.74) is 2.96. The summed E-state index contributed by atoms with van der Waals surface area (Å²) in [6.45, 7) is 6.80. The number of hydrogen-bond acceptors (Lipinski definition) is 8. The average molecular weight is 489 g/mol. The van der Waals surface area contributed by atoms with Crippen LogP contribution in [0.25, 0.3) is 0 Å². The van der Waals surface area contributed by atoms with Gasteiger partial charge in [0.1, 0.15) is 16.5 Å². The Labute approximate surface area is 204 Å². The Balaban J connectivity index is 1.75. The van der Waals surface area contributed by atoms with Crippen molar-refractivity contribution in [3.8, 4) is 0 Å². The van der Waals surface area contributed by atoms with E-state index in [-0.39, 0.29) is 42.7 Å². The lowest BCUT2D eigenvalue weighted by atomic mass is 10.1. The normalized spacial score (nSPS) is 13.1. The number of esters is 2. The van der Waals surface area contributed by atoms with Crippen molar-refractivity contribution >= 4 is 34.2 Å². The number of nitrogens with one attached hydrogen (secondary N) is 1. The van der Waals surface area contributed by atoms with Gasteiger partial charge in [0, 0.05) is 19.7 Å². The number of carbonyl (C=O) groups is 3. The Kier molecular flexibility index (Phi) is 9.20. The standard InChI is InChI=1S/C25H32N2O6S/c1-5-32-24(29)21-17(3)22(25(30)33-13-12-31-4)34-23(21)26-20(28)15-27(19-10-11-19)14-18-8-6-16(2)7-9-18/h6-9,19H,5,10-15H2,1-4H3,(H,26,28). The minimum absolute atomic E-state index is 0.0957. The minimum atomic E-state index is -0.582. The molecule has 1 amide bonds.